The summed E-state index contributed by atoms with van der Waals surface area (Å²) >= 11 is 0. The fourth-order valence-electron chi connectivity index (χ4n) is 4.15. The minimum atomic E-state index is -0.843. The van der Waals surface area contributed by atoms with Gasteiger partial charge in [-0.3, -0.25) is 14.6 Å². The number of H-pyrrole nitrogens is 1. The van der Waals surface area contributed by atoms with Crippen molar-refractivity contribution in [2.24, 2.45) is 5.10 Å². The third-order valence-corrected chi connectivity index (χ3v) is 5.72. The van der Waals surface area contributed by atoms with Gasteiger partial charge in [-0.2, -0.15) is 5.10 Å². The van der Waals surface area contributed by atoms with Gasteiger partial charge >= 0.3 is 5.69 Å². The molecule has 5 rings (SSSR count). The number of hydrogen-bond acceptors (Lipinski definition) is 8. The SMILES string of the molecule is COc1ccccc1-n1c(O)c(C2=NN(C(C)=O)C(c3ccc4c(c3)OCO4)C2)c(=O)[nH]c1=O. The first-order valence-corrected chi connectivity index (χ1v) is 10.4. The monoisotopic (exact) mass is 464 g/mol. The van der Waals surface area contributed by atoms with E-state index in [2.05, 4.69) is 10.1 Å². The number of carbonyl (C=O) groups excluding carboxylic acids is 1. The molecule has 2 N–H and O–H groups in total. The molecule has 2 aliphatic rings. The Morgan fingerprint density at radius 2 is 1.94 bits per heavy atom. The summed E-state index contributed by atoms with van der Waals surface area (Å²) in [5.41, 5.74) is -0.765. The first-order chi connectivity index (χ1) is 16.4. The fraction of sp³-hybridized carbons (Fsp3) is 0.217. The van der Waals surface area contributed by atoms with E-state index in [9.17, 15) is 19.5 Å². The Labute approximate surface area is 192 Å². The van der Waals surface area contributed by atoms with Gasteiger partial charge in [0.1, 0.15) is 11.3 Å². The van der Waals surface area contributed by atoms with Crippen molar-refractivity contribution in [3.8, 4) is 28.8 Å². The molecule has 3 aromatic rings. The summed E-state index contributed by atoms with van der Waals surface area (Å²) in [7, 11) is 1.43. The molecule has 0 saturated carbocycles. The number of para-hydroxylation sites is 2. The Bertz CT molecular complexity index is 1460. The van der Waals surface area contributed by atoms with Crippen LogP contribution in [0.3, 0.4) is 0 Å². The summed E-state index contributed by atoms with van der Waals surface area (Å²) in [5.74, 6) is 0.489. The molecule has 1 aromatic heterocycles. The van der Waals surface area contributed by atoms with E-state index in [4.69, 9.17) is 14.2 Å². The Morgan fingerprint density at radius 1 is 1.18 bits per heavy atom. The Balaban J connectivity index is 1.61. The molecule has 0 aliphatic carbocycles. The molecule has 3 heterocycles. The standard InChI is InChI=1S/C23H20N4O7/c1-12(28)27-16(13-7-8-18-19(9-13)34-11-33-18)10-14(25-27)20-21(29)24-23(31)26(22(20)30)15-5-3-4-6-17(15)32-2/h3-9,16,30H,10-11H2,1-2H3,(H,24,29,31). The predicted octanol–water partition coefficient (Wildman–Crippen LogP) is 1.67. The molecule has 1 unspecified atom stereocenters. The summed E-state index contributed by atoms with van der Waals surface area (Å²) in [5, 5.41) is 16.6. The van der Waals surface area contributed by atoms with Gasteiger partial charge in [-0.15, -0.1) is 0 Å². The number of methoxy groups -OCH3 is 1. The number of fused-ring (bicyclic) bond motifs is 1. The zero-order chi connectivity index (χ0) is 24.0. The van der Waals surface area contributed by atoms with E-state index in [1.54, 1.807) is 42.5 Å². The molecule has 1 atom stereocenters. The van der Waals surface area contributed by atoms with Crippen LogP contribution in [-0.2, 0) is 4.79 Å². The first-order valence-electron chi connectivity index (χ1n) is 10.4. The van der Waals surface area contributed by atoms with Crippen LogP contribution in [0.25, 0.3) is 5.69 Å². The second kappa shape index (κ2) is 8.10. The highest BCUT2D eigenvalue weighted by Crippen LogP contribution is 2.39. The number of ether oxygens (including phenoxy) is 3. The number of amides is 1. The molecule has 11 nitrogen and oxygen atoms in total. The molecule has 0 bridgehead atoms. The van der Waals surface area contributed by atoms with Gasteiger partial charge in [0.05, 0.1) is 24.6 Å². The maximum atomic E-state index is 12.8. The highest BCUT2D eigenvalue weighted by Gasteiger charge is 2.35. The molecular weight excluding hydrogens is 444 g/mol. The molecule has 1 amide bonds. The minimum absolute atomic E-state index is 0.107. The van der Waals surface area contributed by atoms with Crippen LogP contribution in [0, 0.1) is 0 Å². The van der Waals surface area contributed by atoms with E-state index in [0.29, 0.717) is 22.8 Å². The van der Waals surface area contributed by atoms with Gasteiger partial charge in [0.15, 0.2) is 11.5 Å². The molecular formula is C23H20N4O7. The summed E-state index contributed by atoms with van der Waals surface area (Å²) in [4.78, 5) is 40.0. The van der Waals surface area contributed by atoms with Crippen molar-refractivity contribution in [3.63, 3.8) is 0 Å². The zero-order valence-corrected chi connectivity index (χ0v) is 18.3. The highest BCUT2D eigenvalue weighted by molar-refractivity contribution is 6.04. The van der Waals surface area contributed by atoms with Crippen LogP contribution in [0.5, 0.6) is 23.1 Å². The molecule has 11 heteroatoms. The third kappa shape index (κ3) is 3.38. The van der Waals surface area contributed by atoms with Crippen molar-refractivity contribution in [1.29, 1.82) is 0 Å². The van der Waals surface area contributed by atoms with E-state index in [1.807, 2.05) is 0 Å². The van der Waals surface area contributed by atoms with E-state index < -0.39 is 23.2 Å². The lowest BCUT2D eigenvalue weighted by atomic mass is 9.98. The second-order valence-corrected chi connectivity index (χ2v) is 7.71. The molecule has 174 valence electrons. The summed E-state index contributed by atoms with van der Waals surface area (Å²) in [6, 6.07) is 11.3. The first kappa shape index (κ1) is 21.3. The zero-order valence-electron chi connectivity index (χ0n) is 18.3. The van der Waals surface area contributed by atoms with E-state index in [-0.39, 0.29) is 36.1 Å². The summed E-state index contributed by atoms with van der Waals surface area (Å²) < 4.78 is 17.0. The summed E-state index contributed by atoms with van der Waals surface area (Å²) in [6.07, 6.45) is 0.125. The number of aromatic hydroxyl groups is 1. The Kier molecular flexibility index (Phi) is 5.08. The number of carbonyl (C=O) groups is 1. The molecule has 0 spiro atoms. The Hall–Kier alpha value is -4.54. The molecule has 0 saturated heterocycles. The maximum Gasteiger partial charge on any atom is 0.335 e. The number of rotatable bonds is 4. The molecule has 0 fully saturated rings. The number of nitrogens with one attached hydrogen (secondary N) is 1. The van der Waals surface area contributed by atoms with E-state index in [1.165, 1.54) is 19.0 Å². The number of hydrazone groups is 1. The molecule has 34 heavy (non-hydrogen) atoms. The average molecular weight is 464 g/mol. The lowest BCUT2D eigenvalue weighted by Crippen LogP contribution is -2.33. The number of hydrogen-bond donors (Lipinski definition) is 2. The average Bonchev–Trinajstić information content (AvgIpc) is 3.46. The molecule has 2 aromatic carbocycles. The van der Waals surface area contributed by atoms with Crippen molar-refractivity contribution in [2.75, 3.05) is 13.9 Å². The number of aromatic nitrogens is 2. The second-order valence-electron chi connectivity index (χ2n) is 7.71. The van der Waals surface area contributed by atoms with Gasteiger partial charge in [-0.25, -0.2) is 14.4 Å². The van der Waals surface area contributed by atoms with Gasteiger partial charge < -0.3 is 19.3 Å². The molecule has 0 radical (unpaired) electrons. The highest BCUT2D eigenvalue weighted by atomic mass is 16.7. The van der Waals surface area contributed by atoms with Crippen LogP contribution in [-0.4, -0.2) is 45.2 Å². The van der Waals surface area contributed by atoms with Crippen LogP contribution >= 0.6 is 0 Å². The van der Waals surface area contributed by atoms with E-state index >= 15 is 0 Å². The van der Waals surface area contributed by atoms with Crippen molar-refractivity contribution in [2.45, 2.75) is 19.4 Å². The van der Waals surface area contributed by atoms with Crippen molar-refractivity contribution in [1.82, 2.24) is 14.6 Å². The Morgan fingerprint density at radius 3 is 2.71 bits per heavy atom. The van der Waals surface area contributed by atoms with Gasteiger partial charge in [0, 0.05) is 13.3 Å². The third-order valence-electron chi connectivity index (χ3n) is 5.72. The number of nitrogens with zero attached hydrogens (tertiary/aromatic N) is 3. The topological polar surface area (TPSA) is 135 Å². The normalized spacial score (nSPS) is 16.5. The largest absolute Gasteiger partial charge is 0.495 e. The lowest BCUT2D eigenvalue weighted by Gasteiger charge is -2.20. The maximum absolute atomic E-state index is 12.8. The summed E-state index contributed by atoms with van der Waals surface area (Å²) in [6.45, 7) is 1.46. The van der Waals surface area contributed by atoms with E-state index in [0.717, 1.165) is 4.57 Å². The smallest absolute Gasteiger partial charge is 0.335 e. The van der Waals surface area contributed by atoms with Gasteiger partial charge in [-0.1, -0.05) is 18.2 Å². The minimum Gasteiger partial charge on any atom is -0.495 e. The number of aromatic amines is 1. The van der Waals surface area contributed by atoms with Crippen molar-refractivity contribution >= 4 is 11.6 Å². The molecule has 2 aliphatic heterocycles. The van der Waals surface area contributed by atoms with Crippen molar-refractivity contribution < 1.29 is 24.1 Å². The van der Waals surface area contributed by atoms with Gasteiger partial charge in [-0.05, 0) is 29.8 Å². The predicted molar refractivity (Wildman–Crippen MR) is 120 cm³/mol. The van der Waals surface area contributed by atoms with Crippen LogP contribution in [0.4, 0.5) is 0 Å². The lowest BCUT2D eigenvalue weighted by molar-refractivity contribution is -0.130. The fourth-order valence-corrected chi connectivity index (χ4v) is 4.15. The van der Waals surface area contributed by atoms with Crippen LogP contribution in [0.1, 0.15) is 30.5 Å². The van der Waals surface area contributed by atoms with Gasteiger partial charge in [0.2, 0.25) is 18.6 Å². The quantitative estimate of drug-likeness (QED) is 0.599. The van der Waals surface area contributed by atoms with Gasteiger partial charge in [0.25, 0.3) is 5.56 Å². The van der Waals surface area contributed by atoms with Crippen molar-refractivity contribution in [3.05, 3.63) is 74.4 Å². The van der Waals surface area contributed by atoms with Crippen LogP contribution < -0.4 is 25.5 Å². The van der Waals surface area contributed by atoms with Crippen LogP contribution in [0.15, 0.2) is 57.2 Å². The van der Waals surface area contributed by atoms with Crippen LogP contribution in [0.2, 0.25) is 0 Å². The number of benzene rings is 2.